The van der Waals surface area contributed by atoms with Gasteiger partial charge in [-0.15, -0.1) is 0 Å². The van der Waals surface area contributed by atoms with E-state index in [0.717, 1.165) is 5.56 Å². The number of nitro benzene ring substituents is 1. The summed E-state index contributed by atoms with van der Waals surface area (Å²) in [7, 11) is 0. The van der Waals surface area contributed by atoms with Crippen molar-refractivity contribution in [1.29, 1.82) is 0 Å². The molecule has 158 valence electrons. The standard InChI is InChI=1S/C21H24N4O5/c1-2-29-14-18(26)13-22-19(12-15-6-4-3-5-7-15)21-23-20(24-30-21)16-8-10-17(11-9-16)25(27)28/h3-11,18-19,22,26H,2,12-14H2,1H3/t18-,19-/m0/s1. The molecule has 0 fully saturated rings. The second kappa shape index (κ2) is 10.6. The molecule has 1 heterocycles. The van der Waals surface area contributed by atoms with Crippen molar-refractivity contribution in [2.75, 3.05) is 19.8 Å². The summed E-state index contributed by atoms with van der Waals surface area (Å²) >= 11 is 0. The number of nitrogens with one attached hydrogen (secondary N) is 1. The van der Waals surface area contributed by atoms with Crippen LogP contribution in [0.2, 0.25) is 0 Å². The Morgan fingerprint density at radius 3 is 2.60 bits per heavy atom. The highest BCUT2D eigenvalue weighted by Gasteiger charge is 2.21. The van der Waals surface area contributed by atoms with Crippen LogP contribution in [0.4, 0.5) is 5.69 Å². The molecule has 2 atom stereocenters. The SMILES string of the molecule is CCOC[C@@H](O)CN[C@@H](Cc1ccccc1)c1nc(-c2ccc([N+](=O)[O-])cc2)no1. The Morgan fingerprint density at radius 1 is 1.20 bits per heavy atom. The zero-order chi connectivity index (χ0) is 21.3. The number of aliphatic hydroxyl groups excluding tert-OH is 1. The quantitative estimate of drug-likeness (QED) is 0.364. The van der Waals surface area contributed by atoms with Crippen molar-refractivity contribution in [1.82, 2.24) is 15.5 Å². The minimum absolute atomic E-state index is 0.00521. The van der Waals surface area contributed by atoms with E-state index >= 15 is 0 Å². The highest BCUT2D eigenvalue weighted by Crippen LogP contribution is 2.23. The third-order valence-electron chi connectivity index (χ3n) is 4.47. The lowest BCUT2D eigenvalue weighted by Crippen LogP contribution is -2.34. The van der Waals surface area contributed by atoms with Crippen molar-refractivity contribution in [3.8, 4) is 11.4 Å². The van der Waals surface area contributed by atoms with Gasteiger partial charge < -0.3 is 19.7 Å². The van der Waals surface area contributed by atoms with E-state index in [9.17, 15) is 15.2 Å². The summed E-state index contributed by atoms with van der Waals surface area (Å²) in [6.07, 6.45) is -0.0790. The van der Waals surface area contributed by atoms with Crippen molar-refractivity contribution in [2.24, 2.45) is 0 Å². The van der Waals surface area contributed by atoms with Crippen molar-refractivity contribution in [3.63, 3.8) is 0 Å². The molecule has 9 nitrogen and oxygen atoms in total. The first-order valence-electron chi connectivity index (χ1n) is 9.68. The van der Waals surface area contributed by atoms with Gasteiger partial charge >= 0.3 is 0 Å². The second-order valence-corrected chi connectivity index (χ2v) is 6.72. The van der Waals surface area contributed by atoms with Crippen LogP contribution in [0, 0.1) is 10.1 Å². The summed E-state index contributed by atoms with van der Waals surface area (Å²) in [5, 5.41) is 28.2. The van der Waals surface area contributed by atoms with E-state index in [2.05, 4.69) is 15.5 Å². The summed E-state index contributed by atoms with van der Waals surface area (Å²) in [4.78, 5) is 14.8. The van der Waals surface area contributed by atoms with Gasteiger partial charge in [-0.2, -0.15) is 4.98 Å². The molecule has 1 aromatic heterocycles. The Morgan fingerprint density at radius 2 is 1.93 bits per heavy atom. The monoisotopic (exact) mass is 412 g/mol. The lowest BCUT2D eigenvalue weighted by atomic mass is 10.1. The first kappa shape index (κ1) is 21.6. The van der Waals surface area contributed by atoms with Crippen molar-refractivity contribution >= 4 is 5.69 Å². The molecule has 0 radical (unpaired) electrons. The highest BCUT2D eigenvalue weighted by atomic mass is 16.6. The lowest BCUT2D eigenvalue weighted by molar-refractivity contribution is -0.384. The smallest absolute Gasteiger partial charge is 0.269 e. The number of nitrogens with zero attached hydrogens (tertiary/aromatic N) is 3. The molecule has 0 unspecified atom stereocenters. The number of ether oxygens (including phenoxy) is 1. The van der Waals surface area contributed by atoms with Gasteiger partial charge in [0.2, 0.25) is 11.7 Å². The third kappa shape index (κ3) is 5.93. The number of hydrogen-bond acceptors (Lipinski definition) is 8. The Balaban J connectivity index is 1.76. The number of non-ortho nitro benzene ring substituents is 1. The zero-order valence-corrected chi connectivity index (χ0v) is 16.6. The van der Waals surface area contributed by atoms with Gasteiger partial charge in [-0.3, -0.25) is 10.1 Å². The Bertz CT molecular complexity index is 930. The third-order valence-corrected chi connectivity index (χ3v) is 4.47. The molecule has 30 heavy (non-hydrogen) atoms. The maximum atomic E-state index is 10.8. The Labute approximate surface area is 173 Å². The van der Waals surface area contributed by atoms with Crippen LogP contribution >= 0.6 is 0 Å². The van der Waals surface area contributed by atoms with Gasteiger partial charge in [-0.05, 0) is 31.0 Å². The van der Waals surface area contributed by atoms with Crippen molar-refractivity contribution in [2.45, 2.75) is 25.5 Å². The van der Waals surface area contributed by atoms with Gasteiger partial charge in [-0.25, -0.2) is 0 Å². The Hall–Kier alpha value is -3.14. The van der Waals surface area contributed by atoms with Crippen LogP contribution in [0.3, 0.4) is 0 Å². The minimum Gasteiger partial charge on any atom is -0.389 e. The number of hydrogen-bond donors (Lipinski definition) is 2. The summed E-state index contributed by atoms with van der Waals surface area (Å²) in [5.41, 5.74) is 1.68. The summed E-state index contributed by atoms with van der Waals surface area (Å²) in [6.45, 7) is 2.94. The van der Waals surface area contributed by atoms with Gasteiger partial charge in [-0.1, -0.05) is 35.5 Å². The molecule has 0 amide bonds. The normalized spacial score (nSPS) is 13.1. The topological polar surface area (TPSA) is 124 Å². The largest absolute Gasteiger partial charge is 0.389 e. The number of aliphatic hydroxyl groups is 1. The molecule has 0 spiro atoms. The van der Waals surface area contributed by atoms with Gasteiger partial charge in [0.1, 0.15) is 0 Å². The molecular weight excluding hydrogens is 388 g/mol. The molecule has 3 rings (SSSR count). The fourth-order valence-electron chi connectivity index (χ4n) is 2.91. The zero-order valence-electron chi connectivity index (χ0n) is 16.6. The van der Waals surface area contributed by atoms with E-state index < -0.39 is 11.0 Å². The molecule has 0 aliphatic carbocycles. The number of benzene rings is 2. The van der Waals surface area contributed by atoms with Crippen molar-refractivity contribution in [3.05, 3.63) is 76.2 Å². The van der Waals surface area contributed by atoms with Gasteiger partial charge in [0.25, 0.3) is 5.69 Å². The van der Waals surface area contributed by atoms with E-state index in [1.807, 2.05) is 37.3 Å². The number of rotatable bonds is 11. The summed E-state index contributed by atoms with van der Waals surface area (Å²) < 4.78 is 10.7. The average molecular weight is 412 g/mol. The minimum atomic E-state index is -0.666. The predicted molar refractivity (Wildman–Crippen MR) is 110 cm³/mol. The molecule has 0 aliphatic rings. The maximum absolute atomic E-state index is 10.8. The van der Waals surface area contributed by atoms with Gasteiger partial charge in [0, 0.05) is 30.8 Å². The molecule has 0 bridgehead atoms. The van der Waals surface area contributed by atoms with Crippen molar-refractivity contribution < 1.29 is 19.3 Å². The fraction of sp³-hybridized carbons (Fsp3) is 0.333. The van der Waals surface area contributed by atoms with E-state index in [-0.39, 0.29) is 18.3 Å². The van der Waals surface area contributed by atoms with Crippen LogP contribution in [0.5, 0.6) is 0 Å². The van der Waals surface area contributed by atoms with Crippen LogP contribution in [-0.2, 0) is 11.2 Å². The lowest BCUT2D eigenvalue weighted by Gasteiger charge is -2.18. The van der Waals surface area contributed by atoms with Gasteiger partial charge in [0.15, 0.2) is 0 Å². The van der Waals surface area contributed by atoms with E-state index in [4.69, 9.17) is 9.26 Å². The first-order chi connectivity index (χ1) is 14.6. The molecule has 2 N–H and O–H groups in total. The van der Waals surface area contributed by atoms with Crippen LogP contribution in [-0.4, -0.2) is 46.0 Å². The number of nitro groups is 1. The average Bonchev–Trinajstić information content (AvgIpc) is 3.26. The van der Waals surface area contributed by atoms with Crippen LogP contribution in [0.25, 0.3) is 11.4 Å². The summed E-state index contributed by atoms with van der Waals surface area (Å²) in [6, 6.07) is 15.5. The maximum Gasteiger partial charge on any atom is 0.269 e. The molecule has 0 saturated heterocycles. The van der Waals surface area contributed by atoms with E-state index in [1.54, 1.807) is 12.1 Å². The van der Waals surface area contributed by atoms with Crippen LogP contribution < -0.4 is 5.32 Å². The summed E-state index contributed by atoms with van der Waals surface area (Å²) in [5.74, 6) is 0.713. The molecule has 2 aromatic carbocycles. The van der Waals surface area contributed by atoms with E-state index in [1.165, 1.54) is 12.1 Å². The molecule has 0 aliphatic heterocycles. The highest BCUT2D eigenvalue weighted by molar-refractivity contribution is 5.56. The Kier molecular flexibility index (Phi) is 7.61. The van der Waals surface area contributed by atoms with E-state index in [0.29, 0.717) is 36.9 Å². The van der Waals surface area contributed by atoms with Crippen LogP contribution in [0.1, 0.15) is 24.4 Å². The second-order valence-electron chi connectivity index (χ2n) is 6.72. The molecule has 3 aromatic rings. The molecule has 0 saturated carbocycles. The number of aromatic nitrogens is 2. The fourth-order valence-corrected chi connectivity index (χ4v) is 2.91. The van der Waals surface area contributed by atoms with Crippen LogP contribution in [0.15, 0.2) is 59.1 Å². The first-order valence-corrected chi connectivity index (χ1v) is 9.68. The molecule has 9 heteroatoms. The predicted octanol–water partition coefficient (Wildman–Crippen LogP) is 2.92. The van der Waals surface area contributed by atoms with Gasteiger partial charge in [0.05, 0.1) is 23.7 Å². The molecular formula is C21H24N4O5.